The van der Waals surface area contributed by atoms with Crippen LogP contribution in [0.3, 0.4) is 0 Å². The Bertz CT molecular complexity index is 716. The Labute approximate surface area is 123 Å². The van der Waals surface area contributed by atoms with Gasteiger partial charge in [0.1, 0.15) is 11.5 Å². The van der Waals surface area contributed by atoms with Gasteiger partial charge in [-0.2, -0.15) is 0 Å². The van der Waals surface area contributed by atoms with Crippen molar-refractivity contribution in [1.29, 1.82) is 0 Å². The minimum atomic E-state index is -0.789. The second-order valence-electron chi connectivity index (χ2n) is 4.05. The molecule has 108 valence electrons. The summed E-state index contributed by atoms with van der Waals surface area (Å²) < 4.78 is 13.6. The number of carbonyl (C=O) groups is 1. The molecule has 0 fully saturated rings. The van der Waals surface area contributed by atoms with Crippen molar-refractivity contribution < 1.29 is 14.1 Å². The third-order valence-electron chi connectivity index (χ3n) is 2.73. The lowest BCUT2D eigenvalue weighted by molar-refractivity contribution is -0.383. The number of halogens is 2. The summed E-state index contributed by atoms with van der Waals surface area (Å²) in [4.78, 5) is 22.1. The van der Waals surface area contributed by atoms with E-state index in [0.717, 1.165) is 6.07 Å². The Hall–Kier alpha value is -2.67. The van der Waals surface area contributed by atoms with Crippen LogP contribution in [0, 0.1) is 15.9 Å². The molecule has 0 aliphatic carbocycles. The number of rotatable bonds is 3. The van der Waals surface area contributed by atoms with Gasteiger partial charge in [0.2, 0.25) is 0 Å². The molecule has 0 radical (unpaired) electrons. The Kier molecular flexibility index (Phi) is 4.04. The van der Waals surface area contributed by atoms with E-state index in [2.05, 4.69) is 5.32 Å². The van der Waals surface area contributed by atoms with Gasteiger partial charge >= 0.3 is 0 Å². The smallest absolute Gasteiger partial charge is 0.292 e. The lowest BCUT2D eigenvalue weighted by Gasteiger charge is -2.09. The number of para-hydroxylation sites is 2. The van der Waals surface area contributed by atoms with Crippen LogP contribution in [0.25, 0.3) is 0 Å². The molecule has 0 saturated carbocycles. The fourth-order valence-electron chi connectivity index (χ4n) is 1.71. The van der Waals surface area contributed by atoms with Gasteiger partial charge in [0.25, 0.3) is 11.6 Å². The maximum atomic E-state index is 13.6. The summed E-state index contributed by atoms with van der Waals surface area (Å²) in [6.45, 7) is 0. The molecule has 8 heteroatoms. The van der Waals surface area contributed by atoms with Gasteiger partial charge in [-0.3, -0.25) is 14.9 Å². The van der Waals surface area contributed by atoms with E-state index in [9.17, 15) is 19.3 Å². The number of benzene rings is 2. The Morgan fingerprint density at radius 2 is 1.95 bits per heavy atom. The number of amides is 1. The van der Waals surface area contributed by atoms with Crippen molar-refractivity contribution in [2.75, 3.05) is 11.1 Å². The van der Waals surface area contributed by atoms with Crippen molar-refractivity contribution in [3.63, 3.8) is 0 Å². The van der Waals surface area contributed by atoms with Gasteiger partial charge in [-0.25, -0.2) is 4.39 Å². The number of hydrogen-bond acceptors (Lipinski definition) is 4. The van der Waals surface area contributed by atoms with Gasteiger partial charge < -0.3 is 11.1 Å². The maximum absolute atomic E-state index is 13.6. The highest BCUT2D eigenvalue weighted by atomic mass is 35.5. The van der Waals surface area contributed by atoms with Gasteiger partial charge in [0.15, 0.2) is 0 Å². The molecule has 0 aliphatic rings. The van der Waals surface area contributed by atoms with Crippen molar-refractivity contribution in [2.45, 2.75) is 0 Å². The number of nitrogens with zero attached hydrogens (tertiary/aromatic N) is 1. The summed E-state index contributed by atoms with van der Waals surface area (Å²) in [5, 5.41) is 13.0. The number of nitro groups is 1. The van der Waals surface area contributed by atoms with Gasteiger partial charge in [-0.1, -0.05) is 23.7 Å². The maximum Gasteiger partial charge on any atom is 0.292 e. The normalized spacial score (nSPS) is 10.2. The highest BCUT2D eigenvalue weighted by Gasteiger charge is 2.20. The molecule has 6 nitrogen and oxygen atoms in total. The van der Waals surface area contributed by atoms with Gasteiger partial charge in [-0.15, -0.1) is 0 Å². The number of anilines is 2. The quantitative estimate of drug-likeness (QED) is 0.516. The fraction of sp³-hybridized carbons (Fsp3) is 0. The molecule has 0 heterocycles. The second-order valence-corrected chi connectivity index (χ2v) is 4.45. The van der Waals surface area contributed by atoms with Crippen LogP contribution in [-0.2, 0) is 0 Å². The molecule has 0 spiro atoms. The van der Waals surface area contributed by atoms with E-state index < -0.39 is 22.3 Å². The zero-order valence-electron chi connectivity index (χ0n) is 10.5. The summed E-state index contributed by atoms with van der Waals surface area (Å²) in [7, 11) is 0. The third kappa shape index (κ3) is 2.92. The predicted molar refractivity (Wildman–Crippen MR) is 76.9 cm³/mol. The number of carbonyl (C=O) groups excluding carboxylic acids is 1. The molecule has 0 aromatic heterocycles. The standard InChI is InChI=1S/C13H9ClFN3O3/c14-8-4-2-5-9(15)12(8)17-13(19)7-3-1-6-10(11(7)16)18(20)21/h1-6H,16H2,(H,17,19). The van der Waals surface area contributed by atoms with Crippen LogP contribution in [0.4, 0.5) is 21.5 Å². The zero-order chi connectivity index (χ0) is 15.6. The third-order valence-corrected chi connectivity index (χ3v) is 3.04. The first-order valence-corrected chi connectivity index (χ1v) is 6.08. The largest absolute Gasteiger partial charge is 0.393 e. The second kappa shape index (κ2) is 5.76. The summed E-state index contributed by atoms with van der Waals surface area (Å²) in [5.74, 6) is -1.51. The molecule has 21 heavy (non-hydrogen) atoms. The molecule has 3 N–H and O–H groups in total. The summed E-state index contributed by atoms with van der Waals surface area (Å²) in [6, 6.07) is 7.69. The van der Waals surface area contributed by atoms with E-state index in [0.29, 0.717) is 0 Å². The molecule has 0 saturated heterocycles. The van der Waals surface area contributed by atoms with Crippen LogP contribution in [0.5, 0.6) is 0 Å². The predicted octanol–water partition coefficient (Wildman–Crippen LogP) is 3.22. The summed E-state index contributed by atoms with van der Waals surface area (Å²) >= 11 is 5.79. The Morgan fingerprint density at radius 1 is 1.29 bits per heavy atom. The van der Waals surface area contributed by atoms with Gasteiger partial charge in [-0.05, 0) is 18.2 Å². The van der Waals surface area contributed by atoms with E-state index in [1.807, 2.05) is 0 Å². The Morgan fingerprint density at radius 3 is 2.57 bits per heavy atom. The fourth-order valence-corrected chi connectivity index (χ4v) is 1.92. The van der Waals surface area contributed by atoms with Gasteiger partial charge in [0, 0.05) is 6.07 Å². The highest BCUT2D eigenvalue weighted by Crippen LogP contribution is 2.28. The minimum Gasteiger partial charge on any atom is -0.393 e. The lowest BCUT2D eigenvalue weighted by atomic mass is 10.1. The SMILES string of the molecule is Nc1c(C(=O)Nc2c(F)cccc2Cl)cccc1[N+](=O)[O-]. The van der Waals surface area contributed by atoms with Crippen LogP contribution in [0.15, 0.2) is 36.4 Å². The first kappa shape index (κ1) is 14.7. The van der Waals surface area contributed by atoms with Crippen LogP contribution >= 0.6 is 11.6 Å². The number of nitrogens with one attached hydrogen (secondary N) is 1. The molecular formula is C13H9ClFN3O3. The molecule has 0 unspecified atom stereocenters. The van der Waals surface area contributed by atoms with Crippen LogP contribution in [-0.4, -0.2) is 10.8 Å². The van der Waals surface area contributed by atoms with E-state index in [1.165, 1.54) is 30.3 Å². The van der Waals surface area contributed by atoms with Gasteiger partial charge in [0.05, 0.1) is 21.2 Å². The molecule has 2 aromatic carbocycles. The van der Waals surface area contributed by atoms with E-state index in [-0.39, 0.29) is 22.0 Å². The number of hydrogen-bond donors (Lipinski definition) is 2. The van der Waals surface area contributed by atoms with E-state index in [1.54, 1.807) is 0 Å². The summed E-state index contributed by atoms with van der Waals surface area (Å²) in [6.07, 6.45) is 0. The number of nitro benzene ring substituents is 1. The molecule has 1 amide bonds. The minimum absolute atomic E-state index is 0.00681. The van der Waals surface area contributed by atoms with Crippen molar-refractivity contribution in [2.24, 2.45) is 0 Å². The molecule has 0 aliphatic heterocycles. The van der Waals surface area contributed by atoms with E-state index >= 15 is 0 Å². The van der Waals surface area contributed by atoms with Crippen molar-refractivity contribution in [1.82, 2.24) is 0 Å². The highest BCUT2D eigenvalue weighted by molar-refractivity contribution is 6.34. The number of nitrogen functional groups attached to an aromatic ring is 1. The van der Waals surface area contributed by atoms with E-state index in [4.69, 9.17) is 17.3 Å². The van der Waals surface area contributed by atoms with Crippen molar-refractivity contribution in [3.05, 3.63) is 62.9 Å². The monoisotopic (exact) mass is 309 g/mol. The average Bonchev–Trinajstić information content (AvgIpc) is 2.42. The first-order valence-electron chi connectivity index (χ1n) is 5.70. The van der Waals surface area contributed by atoms with Crippen LogP contribution < -0.4 is 11.1 Å². The molecule has 0 bridgehead atoms. The van der Waals surface area contributed by atoms with Crippen molar-refractivity contribution >= 4 is 34.6 Å². The molecule has 2 rings (SSSR count). The van der Waals surface area contributed by atoms with Crippen LogP contribution in [0.1, 0.15) is 10.4 Å². The molecular weight excluding hydrogens is 301 g/mol. The average molecular weight is 310 g/mol. The van der Waals surface area contributed by atoms with Crippen molar-refractivity contribution in [3.8, 4) is 0 Å². The van der Waals surface area contributed by atoms with Crippen LogP contribution in [0.2, 0.25) is 5.02 Å². The molecule has 0 atom stereocenters. The topological polar surface area (TPSA) is 98.3 Å². The zero-order valence-corrected chi connectivity index (χ0v) is 11.2. The lowest BCUT2D eigenvalue weighted by Crippen LogP contribution is -2.16. The first-order chi connectivity index (χ1) is 9.91. The summed E-state index contributed by atoms with van der Waals surface area (Å²) in [5.41, 5.74) is 4.54. The number of nitrogens with two attached hydrogens (primary N) is 1. The Balaban J connectivity index is 2.38. The molecule has 2 aromatic rings.